The monoisotopic (exact) mass is 278 g/mol. The molecule has 0 aliphatic carbocycles. The summed E-state index contributed by atoms with van der Waals surface area (Å²) in [4.78, 5) is 23.1. The van der Waals surface area contributed by atoms with E-state index in [0.717, 1.165) is 6.54 Å². The van der Waals surface area contributed by atoms with Gasteiger partial charge < -0.3 is 20.5 Å². The maximum atomic E-state index is 12.1. The SMILES string of the molecule is COc1cc(NC(=O)C2CNCC2C)ccc1C(=O)O. The topological polar surface area (TPSA) is 87.7 Å². The second kappa shape index (κ2) is 5.92. The van der Waals surface area contributed by atoms with Crippen LogP contribution in [0.2, 0.25) is 0 Å². The molecule has 1 amide bonds. The first kappa shape index (κ1) is 14.3. The number of carbonyl (C=O) groups excluding carboxylic acids is 1. The first-order chi connectivity index (χ1) is 9.52. The van der Waals surface area contributed by atoms with E-state index in [1.807, 2.05) is 6.92 Å². The number of nitrogens with one attached hydrogen (secondary N) is 2. The Kier molecular flexibility index (Phi) is 4.24. The number of hydrogen-bond acceptors (Lipinski definition) is 4. The van der Waals surface area contributed by atoms with Gasteiger partial charge in [0.2, 0.25) is 5.91 Å². The van der Waals surface area contributed by atoms with Gasteiger partial charge in [-0.15, -0.1) is 0 Å². The highest BCUT2D eigenvalue weighted by Gasteiger charge is 2.29. The minimum Gasteiger partial charge on any atom is -0.496 e. The molecule has 1 aliphatic heterocycles. The average Bonchev–Trinajstić information content (AvgIpc) is 2.84. The van der Waals surface area contributed by atoms with Gasteiger partial charge in [0.1, 0.15) is 11.3 Å². The number of amides is 1. The molecule has 1 aromatic carbocycles. The molecule has 1 fully saturated rings. The summed E-state index contributed by atoms with van der Waals surface area (Å²) in [7, 11) is 1.40. The lowest BCUT2D eigenvalue weighted by atomic mass is 9.97. The van der Waals surface area contributed by atoms with Gasteiger partial charge in [-0.25, -0.2) is 4.79 Å². The van der Waals surface area contributed by atoms with Gasteiger partial charge in [-0.2, -0.15) is 0 Å². The van der Waals surface area contributed by atoms with Crippen LogP contribution in [-0.2, 0) is 4.79 Å². The minimum atomic E-state index is -1.06. The predicted molar refractivity (Wildman–Crippen MR) is 74.1 cm³/mol. The molecule has 0 radical (unpaired) electrons. The highest BCUT2D eigenvalue weighted by molar-refractivity contribution is 5.95. The second-order valence-corrected chi connectivity index (χ2v) is 4.95. The highest BCUT2D eigenvalue weighted by atomic mass is 16.5. The van der Waals surface area contributed by atoms with Crippen molar-refractivity contribution in [3.8, 4) is 5.75 Å². The molecule has 2 rings (SSSR count). The lowest BCUT2D eigenvalue weighted by Crippen LogP contribution is -2.27. The third-order valence-corrected chi connectivity index (χ3v) is 3.55. The third-order valence-electron chi connectivity index (χ3n) is 3.55. The fourth-order valence-electron chi connectivity index (χ4n) is 2.34. The summed E-state index contributed by atoms with van der Waals surface area (Å²) < 4.78 is 5.03. The van der Waals surface area contributed by atoms with Crippen molar-refractivity contribution in [3.63, 3.8) is 0 Å². The maximum absolute atomic E-state index is 12.1. The molecule has 108 valence electrons. The van der Waals surface area contributed by atoms with Crippen molar-refractivity contribution in [1.82, 2.24) is 5.32 Å². The standard InChI is InChI=1S/C14H18N2O4/c1-8-6-15-7-11(8)13(17)16-9-3-4-10(14(18)19)12(5-9)20-2/h3-5,8,11,15H,6-7H2,1-2H3,(H,16,17)(H,18,19). The molecule has 2 atom stereocenters. The summed E-state index contributed by atoms with van der Waals surface area (Å²) in [6, 6.07) is 4.51. The van der Waals surface area contributed by atoms with Crippen molar-refractivity contribution in [2.75, 3.05) is 25.5 Å². The number of methoxy groups -OCH3 is 1. The van der Waals surface area contributed by atoms with Crippen LogP contribution in [0.3, 0.4) is 0 Å². The van der Waals surface area contributed by atoms with E-state index in [2.05, 4.69) is 10.6 Å². The van der Waals surface area contributed by atoms with E-state index in [4.69, 9.17) is 9.84 Å². The van der Waals surface area contributed by atoms with Crippen LogP contribution >= 0.6 is 0 Å². The Hall–Kier alpha value is -2.08. The normalized spacial score (nSPS) is 21.5. The van der Waals surface area contributed by atoms with Gasteiger partial charge in [-0.05, 0) is 24.6 Å². The van der Waals surface area contributed by atoms with Gasteiger partial charge in [0, 0.05) is 18.3 Å². The second-order valence-electron chi connectivity index (χ2n) is 4.95. The molecule has 1 heterocycles. The van der Waals surface area contributed by atoms with Crippen LogP contribution in [0.5, 0.6) is 5.75 Å². The first-order valence-corrected chi connectivity index (χ1v) is 6.46. The lowest BCUT2D eigenvalue weighted by molar-refractivity contribution is -0.120. The van der Waals surface area contributed by atoms with Crippen molar-refractivity contribution in [2.45, 2.75) is 6.92 Å². The summed E-state index contributed by atoms with van der Waals surface area (Å²) >= 11 is 0. The van der Waals surface area contributed by atoms with Crippen LogP contribution < -0.4 is 15.4 Å². The Bertz CT molecular complexity index is 530. The summed E-state index contributed by atoms with van der Waals surface area (Å²) in [5, 5.41) is 15.0. The molecule has 1 saturated heterocycles. The van der Waals surface area contributed by atoms with Crippen molar-refractivity contribution in [2.24, 2.45) is 11.8 Å². The van der Waals surface area contributed by atoms with Gasteiger partial charge >= 0.3 is 5.97 Å². The molecule has 6 heteroatoms. The molecule has 0 spiro atoms. The molecule has 6 nitrogen and oxygen atoms in total. The van der Waals surface area contributed by atoms with Gasteiger partial charge in [0.15, 0.2) is 0 Å². The molecular formula is C14H18N2O4. The fourth-order valence-corrected chi connectivity index (χ4v) is 2.34. The van der Waals surface area contributed by atoms with Gasteiger partial charge in [0.05, 0.1) is 13.0 Å². The number of aromatic carboxylic acids is 1. The molecule has 1 aliphatic rings. The molecular weight excluding hydrogens is 260 g/mol. The average molecular weight is 278 g/mol. The Morgan fingerprint density at radius 3 is 2.70 bits per heavy atom. The smallest absolute Gasteiger partial charge is 0.339 e. The Morgan fingerprint density at radius 1 is 1.40 bits per heavy atom. The number of carboxylic acid groups (broad SMARTS) is 1. The van der Waals surface area contributed by atoms with Gasteiger partial charge in [-0.1, -0.05) is 6.92 Å². The van der Waals surface area contributed by atoms with Crippen molar-refractivity contribution in [3.05, 3.63) is 23.8 Å². The zero-order valence-electron chi connectivity index (χ0n) is 11.5. The summed E-state index contributed by atoms with van der Waals surface area (Å²) in [6.07, 6.45) is 0. The van der Waals surface area contributed by atoms with E-state index in [1.165, 1.54) is 19.2 Å². The largest absolute Gasteiger partial charge is 0.496 e. The van der Waals surface area contributed by atoms with E-state index < -0.39 is 5.97 Å². The maximum Gasteiger partial charge on any atom is 0.339 e. The zero-order valence-corrected chi connectivity index (χ0v) is 11.5. The minimum absolute atomic E-state index is 0.0624. The lowest BCUT2D eigenvalue weighted by Gasteiger charge is -2.15. The van der Waals surface area contributed by atoms with Gasteiger partial charge in [-0.3, -0.25) is 4.79 Å². The fraction of sp³-hybridized carbons (Fsp3) is 0.429. The highest BCUT2D eigenvalue weighted by Crippen LogP contribution is 2.24. The number of benzene rings is 1. The number of carbonyl (C=O) groups is 2. The molecule has 0 bridgehead atoms. The van der Waals surface area contributed by atoms with Crippen LogP contribution in [0.1, 0.15) is 17.3 Å². The van der Waals surface area contributed by atoms with Crippen LogP contribution in [0.15, 0.2) is 18.2 Å². The van der Waals surface area contributed by atoms with Crippen molar-refractivity contribution >= 4 is 17.6 Å². The van der Waals surface area contributed by atoms with Crippen molar-refractivity contribution < 1.29 is 19.4 Å². The quantitative estimate of drug-likeness (QED) is 0.770. The first-order valence-electron chi connectivity index (χ1n) is 6.46. The summed E-state index contributed by atoms with van der Waals surface area (Å²) in [5.41, 5.74) is 0.609. The zero-order chi connectivity index (χ0) is 14.7. The summed E-state index contributed by atoms with van der Waals surface area (Å²) in [6.45, 7) is 3.52. The Labute approximate surface area is 117 Å². The third kappa shape index (κ3) is 2.91. The van der Waals surface area contributed by atoms with Crippen LogP contribution in [-0.4, -0.2) is 37.2 Å². The molecule has 0 saturated carbocycles. The number of ether oxygens (including phenoxy) is 1. The van der Waals surface area contributed by atoms with Crippen LogP contribution in [0.25, 0.3) is 0 Å². The molecule has 1 aromatic rings. The van der Waals surface area contributed by atoms with Gasteiger partial charge in [0.25, 0.3) is 0 Å². The van der Waals surface area contributed by atoms with Crippen LogP contribution in [0, 0.1) is 11.8 Å². The number of anilines is 1. The van der Waals surface area contributed by atoms with E-state index in [9.17, 15) is 9.59 Å². The van der Waals surface area contributed by atoms with E-state index in [0.29, 0.717) is 12.2 Å². The van der Waals surface area contributed by atoms with E-state index in [1.54, 1.807) is 6.07 Å². The van der Waals surface area contributed by atoms with E-state index >= 15 is 0 Å². The predicted octanol–water partition coefficient (Wildman–Crippen LogP) is 1.19. The Balaban J connectivity index is 2.13. The Morgan fingerprint density at radius 2 is 2.15 bits per heavy atom. The van der Waals surface area contributed by atoms with Crippen molar-refractivity contribution in [1.29, 1.82) is 0 Å². The molecule has 2 unspecified atom stereocenters. The number of hydrogen-bond donors (Lipinski definition) is 3. The number of rotatable bonds is 4. The number of carboxylic acids is 1. The van der Waals surface area contributed by atoms with E-state index in [-0.39, 0.29) is 29.1 Å². The molecule has 20 heavy (non-hydrogen) atoms. The molecule has 3 N–H and O–H groups in total. The summed E-state index contributed by atoms with van der Waals surface area (Å²) in [5.74, 6) is -0.677. The van der Waals surface area contributed by atoms with Crippen LogP contribution in [0.4, 0.5) is 5.69 Å². The molecule has 0 aromatic heterocycles.